The molecule has 0 aromatic carbocycles. The fourth-order valence-corrected chi connectivity index (χ4v) is 1.98. The largest absolute Gasteiger partial charge is 0.481 e. The number of carboxylic acid groups (broad SMARTS) is 1. The van der Waals surface area contributed by atoms with Gasteiger partial charge in [0.05, 0.1) is 6.42 Å². The molecule has 1 aliphatic rings. The Kier molecular flexibility index (Phi) is 3.89. The summed E-state index contributed by atoms with van der Waals surface area (Å²) in [5.41, 5.74) is 5.90. The zero-order chi connectivity index (χ0) is 10.7. The van der Waals surface area contributed by atoms with Crippen LogP contribution in [0, 0.1) is 5.92 Å². The van der Waals surface area contributed by atoms with Crippen LogP contribution in [0.4, 0.5) is 0 Å². The molecule has 82 valence electrons. The van der Waals surface area contributed by atoms with Gasteiger partial charge in [-0.05, 0) is 25.8 Å². The van der Waals surface area contributed by atoms with Crippen LogP contribution in [0.25, 0.3) is 0 Å². The summed E-state index contributed by atoms with van der Waals surface area (Å²) in [6.45, 7) is 5.96. The molecule has 3 unspecified atom stereocenters. The molecule has 4 heteroatoms. The van der Waals surface area contributed by atoms with Crippen LogP contribution in [0.15, 0.2) is 0 Å². The normalized spacial score (nSPS) is 31.4. The second kappa shape index (κ2) is 4.75. The second-order valence-corrected chi connectivity index (χ2v) is 4.37. The molecule has 1 rings (SSSR count). The third-order valence-corrected chi connectivity index (χ3v) is 3.10. The van der Waals surface area contributed by atoms with E-state index in [1.165, 1.54) is 0 Å². The topological polar surface area (TPSA) is 66.6 Å². The number of rotatable bonds is 3. The van der Waals surface area contributed by atoms with Gasteiger partial charge in [0.15, 0.2) is 0 Å². The number of nitrogens with zero attached hydrogens (tertiary/aromatic N) is 1. The van der Waals surface area contributed by atoms with E-state index in [9.17, 15) is 4.79 Å². The van der Waals surface area contributed by atoms with E-state index in [-0.39, 0.29) is 18.5 Å². The van der Waals surface area contributed by atoms with Gasteiger partial charge in [-0.25, -0.2) is 0 Å². The van der Waals surface area contributed by atoms with Crippen LogP contribution in [-0.4, -0.2) is 41.1 Å². The van der Waals surface area contributed by atoms with Crippen molar-refractivity contribution in [2.45, 2.75) is 38.8 Å². The van der Waals surface area contributed by atoms with Crippen LogP contribution in [0.1, 0.15) is 26.7 Å². The van der Waals surface area contributed by atoms with Gasteiger partial charge < -0.3 is 10.8 Å². The van der Waals surface area contributed by atoms with Crippen molar-refractivity contribution < 1.29 is 9.90 Å². The molecule has 0 radical (unpaired) electrons. The van der Waals surface area contributed by atoms with Crippen molar-refractivity contribution in [3.05, 3.63) is 0 Å². The minimum atomic E-state index is -0.722. The van der Waals surface area contributed by atoms with Crippen molar-refractivity contribution in [1.29, 1.82) is 0 Å². The third kappa shape index (κ3) is 2.96. The molecular formula is C10H20N2O2. The molecule has 1 heterocycles. The summed E-state index contributed by atoms with van der Waals surface area (Å²) in [4.78, 5) is 12.8. The van der Waals surface area contributed by atoms with Crippen molar-refractivity contribution in [2.24, 2.45) is 11.7 Å². The third-order valence-electron chi connectivity index (χ3n) is 3.10. The van der Waals surface area contributed by atoms with E-state index in [0.29, 0.717) is 5.92 Å². The highest BCUT2D eigenvalue weighted by Crippen LogP contribution is 2.18. The maximum Gasteiger partial charge on any atom is 0.304 e. The van der Waals surface area contributed by atoms with Crippen LogP contribution in [0.5, 0.6) is 0 Å². The Labute approximate surface area is 85.1 Å². The molecule has 0 aromatic heterocycles. The molecule has 3 atom stereocenters. The Morgan fingerprint density at radius 1 is 1.71 bits per heavy atom. The summed E-state index contributed by atoms with van der Waals surface area (Å²) in [5, 5.41) is 8.68. The molecule has 3 N–H and O–H groups in total. The zero-order valence-electron chi connectivity index (χ0n) is 8.94. The maximum atomic E-state index is 10.5. The average Bonchev–Trinajstić information content (AvgIpc) is 2.08. The molecule has 0 amide bonds. The number of hydrogen-bond acceptors (Lipinski definition) is 3. The standard InChI is InChI=1S/C10H20N2O2/c1-7-6-12(4-3-9(7)11)8(2)5-10(13)14/h7-9H,3-6,11H2,1-2H3,(H,13,14). The molecule has 0 aromatic rings. The Morgan fingerprint density at radius 2 is 2.36 bits per heavy atom. The van der Waals surface area contributed by atoms with E-state index < -0.39 is 5.97 Å². The van der Waals surface area contributed by atoms with Gasteiger partial charge in [-0.3, -0.25) is 9.69 Å². The summed E-state index contributed by atoms with van der Waals surface area (Å²) in [6, 6.07) is 0.408. The first kappa shape index (κ1) is 11.5. The highest BCUT2D eigenvalue weighted by atomic mass is 16.4. The van der Waals surface area contributed by atoms with E-state index in [2.05, 4.69) is 11.8 Å². The second-order valence-electron chi connectivity index (χ2n) is 4.37. The first-order chi connectivity index (χ1) is 6.50. The molecule has 0 spiro atoms. The predicted octanol–water partition coefficient (Wildman–Crippen LogP) is 0.519. The number of hydrogen-bond donors (Lipinski definition) is 2. The van der Waals surface area contributed by atoms with Gasteiger partial charge in [-0.15, -0.1) is 0 Å². The average molecular weight is 200 g/mol. The molecule has 0 aliphatic carbocycles. The van der Waals surface area contributed by atoms with Crippen LogP contribution < -0.4 is 5.73 Å². The van der Waals surface area contributed by atoms with E-state index in [0.717, 1.165) is 19.5 Å². The van der Waals surface area contributed by atoms with Gasteiger partial charge >= 0.3 is 5.97 Å². The van der Waals surface area contributed by atoms with Gasteiger partial charge in [0.2, 0.25) is 0 Å². The summed E-state index contributed by atoms with van der Waals surface area (Å²) in [6.07, 6.45) is 1.20. The monoisotopic (exact) mass is 200 g/mol. The predicted molar refractivity (Wildman–Crippen MR) is 55.0 cm³/mol. The van der Waals surface area contributed by atoms with Crippen LogP contribution in [0.3, 0.4) is 0 Å². The van der Waals surface area contributed by atoms with E-state index in [1.54, 1.807) is 0 Å². The quantitative estimate of drug-likeness (QED) is 0.697. The molecule has 0 saturated carbocycles. The van der Waals surface area contributed by atoms with Gasteiger partial charge in [-0.1, -0.05) is 6.92 Å². The first-order valence-corrected chi connectivity index (χ1v) is 5.22. The molecule has 14 heavy (non-hydrogen) atoms. The fraction of sp³-hybridized carbons (Fsp3) is 0.900. The fourth-order valence-electron chi connectivity index (χ4n) is 1.98. The lowest BCUT2D eigenvalue weighted by Gasteiger charge is -2.38. The number of nitrogens with two attached hydrogens (primary N) is 1. The van der Waals surface area contributed by atoms with Crippen molar-refractivity contribution in [2.75, 3.05) is 13.1 Å². The van der Waals surface area contributed by atoms with Crippen molar-refractivity contribution in [3.63, 3.8) is 0 Å². The summed E-state index contributed by atoms with van der Waals surface area (Å²) >= 11 is 0. The summed E-state index contributed by atoms with van der Waals surface area (Å²) < 4.78 is 0. The molecule has 1 aliphatic heterocycles. The maximum absolute atomic E-state index is 10.5. The Bertz CT molecular complexity index is 208. The van der Waals surface area contributed by atoms with Crippen LogP contribution in [-0.2, 0) is 4.79 Å². The Balaban J connectivity index is 2.41. The van der Waals surface area contributed by atoms with E-state index >= 15 is 0 Å². The summed E-state index contributed by atoms with van der Waals surface area (Å²) in [7, 11) is 0. The van der Waals surface area contributed by atoms with E-state index in [4.69, 9.17) is 10.8 Å². The molecule has 4 nitrogen and oxygen atoms in total. The molecule has 0 bridgehead atoms. The zero-order valence-corrected chi connectivity index (χ0v) is 8.94. The number of aliphatic carboxylic acids is 1. The Hall–Kier alpha value is -0.610. The van der Waals surface area contributed by atoms with E-state index in [1.807, 2.05) is 6.92 Å². The van der Waals surface area contributed by atoms with Gasteiger partial charge in [0.25, 0.3) is 0 Å². The van der Waals surface area contributed by atoms with Crippen LogP contribution in [0.2, 0.25) is 0 Å². The van der Waals surface area contributed by atoms with Crippen molar-refractivity contribution in [1.82, 2.24) is 4.90 Å². The highest BCUT2D eigenvalue weighted by molar-refractivity contribution is 5.67. The molecular weight excluding hydrogens is 180 g/mol. The number of carboxylic acids is 1. The lowest BCUT2D eigenvalue weighted by Crippen LogP contribution is -2.49. The molecule has 1 fully saturated rings. The summed E-state index contributed by atoms with van der Waals surface area (Å²) in [5.74, 6) is -0.250. The number of carbonyl (C=O) groups is 1. The first-order valence-electron chi connectivity index (χ1n) is 5.22. The van der Waals surface area contributed by atoms with Crippen molar-refractivity contribution in [3.8, 4) is 0 Å². The minimum absolute atomic E-state index is 0.127. The van der Waals surface area contributed by atoms with Gasteiger partial charge in [0.1, 0.15) is 0 Å². The van der Waals surface area contributed by atoms with Gasteiger partial charge in [0, 0.05) is 18.6 Å². The lowest BCUT2D eigenvalue weighted by atomic mass is 9.93. The van der Waals surface area contributed by atoms with Crippen molar-refractivity contribution >= 4 is 5.97 Å². The molecule has 1 saturated heterocycles. The van der Waals surface area contributed by atoms with Gasteiger partial charge in [-0.2, -0.15) is 0 Å². The van der Waals surface area contributed by atoms with Crippen LogP contribution >= 0.6 is 0 Å². The smallest absolute Gasteiger partial charge is 0.304 e. The number of likely N-dealkylation sites (tertiary alicyclic amines) is 1. The Morgan fingerprint density at radius 3 is 2.86 bits per heavy atom. The minimum Gasteiger partial charge on any atom is -0.481 e. The SMILES string of the molecule is CC1CN(C(C)CC(=O)O)CCC1N. The highest BCUT2D eigenvalue weighted by Gasteiger charge is 2.26. The number of piperidine rings is 1. The lowest BCUT2D eigenvalue weighted by molar-refractivity contribution is -0.138.